The third-order valence-electron chi connectivity index (χ3n) is 4.51. The van der Waals surface area contributed by atoms with Crippen LogP contribution in [-0.2, 0) is 36.9 Å². The molecule has 1 N–H and O–H groups in total. The third kappa shape index (κ3) is 3.83. The maximum absolute atomic E-state index is 12.5. The molecule has 0 radical (unpaired) electrons. The Kier molecular flexibility index (Phi) is 4.78. The summed E-state index contributed by atoms with van der Waals surface area (Å²) in [6, 6.07) is 4.82. The highest BCUT2D eigenvalue weighted by Crippen LogP contribution is 2.29. The normalized spacial score (nSPS) is 17.2. The number of carbonyl (C=O) groups excluding carboxylic acids is 1. The Labute approximate surface area is 143 Å². The Bertz CT molecular complexity index is 752. The number of aryl methyl sites for hydroxylation is 1. The van der Waals surface area contributed by atoms with Crippen LogP contribution in [0.5, 0.6) is 0 Å². The molecule has 0 saturated heterocycles. The van der Waals surface area contributed by atoms with E-state index in [0.29, 0.717) is 12.0 Å². The van der Waals surface area contributed by atoms with E-state index < -0.39 is 11.7 Å². The summed E-state index contributed by atoms with van der Waals surface area (Å²) >= 11 is 0. The molecule has 8 heteroatoms. The first-order valence-electron chi connectivity index (χ1n) is 8.23. The SMILES string of the molecule is CCn1nnc2c1CCC(C(=O)NCc1ccc(C(F)(F)F)cc1)C2. The zero-order valence-corrected chi connectivity index (χ0v) is 13.8. The van der Waals surface area contributed by atoms with Crippen LogP contribution >= 0.6 is 0 Å². The minimum absolute atomic E-state index is 0.100. The van der Waals surface area contributed by atoms with Gasteiger partial charge in [0.05, 0.1) is 17.0 Å². The number of hydrogen-bond donors (Lipinski definition) is 1. The number of rotatable bonds is 4. The van der Waals surface area contributed by atoms with Crippen molar-refractivity contribution in [1.29, 1.82) is 0 Å². The zero-order valence-electron chi connectivity index (χ0n) is 13.8. The lowest BCUT2D eigenvalue weighted by molar-refractivity contribution is -0.137. The number of benzene rings is 1. The third-order valence-corrected chi connectivity index (χ3v) is 4.51. The second-order valence-corrected chi connectivity index (χ2v) is 6.15. The van der Waals surface area contributed by atoms with Gasteiger partial charge in [-0.05, 0) is 37.5 Å². The molecular weight excluding hydrogens is 333 g/mol. The number of carbonyl (C=O) groups is 1. The van der Waals surface area contributed by atoms with E-state index in [2.05, 4.69) is 15.6 Å². The fourth-order valence-corrected chi connectivity index (χ4v) is 3.07. The number of alkyl halides is 3. The second kappa shape index (κ2) is 6.85. The van der Waals surface area contributed by atoms with Crippen LogP contribution in [0.25, 0.3) is 0 Å². The van der Waals surface area contributed by atoms with Crippen molar-refractivity contribution in [2.45, 2.75) is 45.5 Å². The molecule has 1 aliphatic carbocycles. The van der Waals surface area contributed by atoms with Crippen LogP contribution in [0.2, 0.25) is 0 Å². The second-order valence-electron chi connectivity index (χ2n) is 6.15. The van der Waals surface area contributed by atoms with Gasteiger partial charge in [0.25, 0.3) is 0 Å². The fourth-order valence-electron chi connectivity index (χ4n) is 3.07. The van der Waals surface area contributed by atoms with Gasteiger partial charge in [-0.25, -0.2) is 4.68 Å². The van der Waals surface area contributed by atoms with Gasteiger partial charge in [0, 0.05) is 25.4 Å². The summed E-state index contributed by atoms with van der Waals surface area (Å²) in [7, 11) is 0. The molecule has 1 amide bonds. The maximum Gasteiger partial charge on any atom is 0.416 e. The van der Waals surface area contributed by atoms with Crippen LogP contribution in [0.1, 0.15) is 35.9 Å². The zero-order chi connectivity index (χ0) is 18.0. The number of fused-ring (bicyclic) bond motifs is 1. The molecule has 1 aliphatic rings. The van der Waals surface area contributed by atoms with E-state index in [1.807, 2.05) is 11.6 Å². The first-order valence-corrected chi connectivity index (χ1v) is 8.23. The van der Waals surface area contributed by atoms with E-state index in [1.54, 1.807) is 0 Å². The van der Waals surface area contributed by atoms with Gasteiger partial charge in [-0.2, -0.15) is 13.2 Å². The number of nitrogens with zero attached hydrogens (tertiary/aromatic N) is 3. The van der Waals surface area contributed by atoms with Gasteiger partial charge < -0.3 is 5.32 Å². The van der Waals surface area contributed by atoms with E-state index in [0.717, 1.165) is 42.9 Å². The van der Waals surface area contributed by atoms with Crippen LogP contribution in [0.15, 0.2) is 24.3 Å². The summed E-state index contributed by atoms with van der Waals surface area (Å²) in [5, 5.41) is 11.0. The Morgan fingerprint density at radius 3 is 2.68 bits per heavy atom. The van der Waals surface area contributed by atoms with Gasteiger partial charge >= 0.3 is 6.18 Å². The predicted molar refractivity (Wildman–Crippen MR) is 84.5 cm³/mol. The van der Waals surface area contributed by atoms with Gasteiger partial charge in [0.1, 0.15) is 0 Å². The van der Waals surface area contributed by atoms with E-state index in [-0.39, 0.29) is 18.4 Å². The first kappa shape index (κ1) is 17.4. The van der Waals surface area contributed by atoms with E-state index >= 15 is 0 Å². The summed E-state index contributed by atoms with van der Waals surface area (Å²) in [6.45, 7) is 2.97. The van der Waals surface area contributed by atoms with Crippen LogP contribution in [0.4, 0.5) is 13.2 Å². The molecule has 0 fully saturated rings. The lowest BCUT2D eigenvalue weighted by Gasteiger charge is -2.21. The highest BCUT2D eigenvalue weighted by atomic mass is 19.4. The Morgan fingerprint density at radius 1 is 1.32 bits per heavy atom. The van der Waals surface area contributed by atoms with Crippen molar-refractivity contribution in [2.24, 2.45) is 5.92 Å². The van der Waals surface area contributed by atoms with Crippen molar-refractivity contribution in [3.8, 4) is 0 Å². The Balaban J connectivity index is 1.56. The quantitative estimate of drug-likeness (QED) is 0.920. The van der Waals surface area contributed by atoms with Crippen molar-refractivity contribution in [1.82, 2.24) is 20.3 Å². The van der Waals surface area contributed by atoms with Crippen molar-refractivity contribution < 1.29 is 18.0 Å². The molecule has 0 bridgehead atoms. The van der Waals surface area contributed by atoms with Gasteiger partial charge in [0.2, 0.25) is 5.91 Å². The van der Waals surface area contributed by atoms with Crippen molar-refractivity contribution >= 4 is 5.91 Å². The van der Waals surface area contributed by atoms with Crippen molar-refractivity contribution in [3.63, 3.8) is 0 Å². The Hall–Kier alpha value is -2.38. The smallest absolute Gasteiger partial charge is 0.352 e. The molecule has 0 aliphatic heterocycles. The molecule has 3 rings (SSSR count). The lowest BCUT2D eigenvalue weighted by atomic mass is 9.89. The highest BCUT2D eigenvalue weighted by molar-refractivity contribution is 5.79. The van der Waals surface area contributed by atoms with Crippen LogP contribution in [-0.4, -0.2) is 20.9 Å². The van der Waals surface area contributed by atoms with Crippen molar-refractivity contribution in [3.05, 3.63) is 46.8 Å². The minimum Gasteiger partial charge on any atom is -0.352 e. The predicted octanol–water partition coefficient (Wildman–Crippen LogP) is 2.74. The molecule has 1 heterocycles. The summed E-state index contributed by atoms with van der Waals surface area (Å²) in [4.78, 5) is 12.3. The first-order chi connectivity index (χ1) is 11.9. The van der Waals surface area contributed by atoms with Gasteiger partial charge in [-0.3, -0.25) is 4.79 Å². The van der Waals surface area contributed by atoms with E-state index in [1.165, 1.54) is 12.1 Å². The van der Waals surface area contributed by atoms with Crippen LogP contribution in [0, 0.1) is 5.92 Å². The summed E-state index contributed by atoms with van der Waals surface area (Å²) < 4.78 is 39.5. The maximum atomic E-state index is 12.5. The molecule has 5 nitrogen and oxygen atoms in total. The standard InChI is InChI=1S/C17H19F3N4O/c1-2-24-15-8-5-12(9-14(15)22-23-24)16(25)21-10-11-3-6-13(7-4-11)17(18,19)20/h3-4,6-7,12H,2,5,8-10H2,1H3,(H,21,25). The molecule has 1 aromatic carbocycles. The average Bonchev–Trinajstić information content (AvgIpc) is 3.01. The number of amides is 1. The molecule has 134 valence electrons. The van der Waals surface area contributed by atoms with E-state index in [4.69, 9.17) is 0 Å². The summed E-state index contributed by atoms with van der Waals surface area (Å²) in [5.41, 5.74) is 1.90. The number of nitrogens with one attached hydrogen (secondary N) is 1. The molecule has 0 saturated carbocycles. The lowest BCUT2D eigenvalue weighted by Crippen LogP contribution is -2.34. The van der Waals surface area contributed by atoms with Crippen LogP contribution in [0.3, 0.4) is 0 Å². The molecule has 25 heavy (non-hydrogen) atoms. The van der Waals surface area contributed by atoms with Gasteiger partial charge in [0.15, 0.2) is 0 Å². The number of aromatic nitrogens is 3. The van der Waals surface area contributed by atoms with Crippen LogP contribution < -0.4 is 5.32 Å². The highest BCUT2D eigenvalue weighted by Gasteiger charge is 2.30. The van der Waals surface area contributed by atoms with Crippen molar-refractivity contribution in [2.75, 3.05) is 0 Å². The molecule has 1 aromatic heterocycles. The largest absolute Gasteiger partial charge is 0.416 e. The molecular formula is C17H19F3N4O. The molecule has 0 spiro atoms. The minimum atomic E-state index is -4.35. The summed E-state index contributed by atoms with van der Waals surface area (Å²) in [5.74, 6) is -0.277. The average molecular weight is 352 g/mol. The van der Waals surface area contributed by atoms with Gasteiger partial charge in [-0.15, -0.1) is 5.10 Å². The van der Waals surface area contributed by atoms with Gasteiger partial charge in [-0.1, -0.05) is 17.3 Å². The number of hydrogen-bond acceptors (Lipinski definition) is 3. The molecule has 1 atom stereocenters. The molecule has 2 aromatic rings. The van der Waals surface area contributed by atoms with E-state index in [9.17, 15) is 18.0 Å². The summed E-state index contributed by atoms with van der Waals surface area (Å²) in [6.07, 6.45) is -2.32. The monoisotopic (exact) mass is 352 g/mol. The number of halogens is 3. The molecule has 1 unspecified atom stereocenters. The topological polar surface area (TPSA) is 59.8 Å². The fraction of sp³-hybridized carbons (Fsp3) is 0.471. The Morgan fingerprint density at radius 2 is 2.04 bits per heavy atom.